The Morgan fingerprint density at radius 3 is 1.38 bits per heavy atom. The van der Waals surface area contributed by atoms with Gasteiger partial charge in [-0.2, -0.15) is 37.2 Å². The van der Waals surface area contributed by atoms with Gasteiger partial charge in [0.25, 0.3) is 11.1 Å². The van der Waals surface area contributed by atoms with Gasteiger partial charge in [-0.25, -0.2) is 9.97 Å². The molecular formula is C36H20N6O8S2. The van der Waals surface area contributed by atoms with Gasteiger partial charge in [-0.1, -0.05) is 42.5 Å². The summed E-state index contributed by atoms with van der Waals surface area (Å²) in [7, 11) is -8.41. The highest BCUT2D eigenvalue weighted by Crippen LogP contribution is 2.41. The molecule has 6 aromatic carbocycles. The van der Waals surface area contributed by atoms with E-state index in [9.17, 15) is 26.4 Å². The van der Waals surface area contributed by atoms with Gasteiger partial charge in [0.15, 0.2) is 0 Å². The van der Waals surface area contributed by atoms with Crippen LogP contribution in [0.1, 0.15) is 0 Å². The topological polar surface area (TPSA) is 208 Å². The highest BCUT2D eigenvalue weighted by Gasteiger charge is 2.24. The van der Waals surface area contributed by atoms with E-state index in [0.29, 0.717) is 54.6 Å². The number of pyridine rings is 2. The van der Waals surface area contributed by atoms with Gasteiger partial charge in [0, 0.05) is 32.3 Å². The number of rotatable bonds is 5. The van der Waals surface area contributed by atoms with Crippen molar-refractivity contribution in [2.75, 3.05) is 0 Å². The summed E-state index contributed by atoms with van der Waals surface area (Å²) < 4.78 is 60.5. The maximum atomic E-state index is 14.1. The van der Waals surface area contributed by atoms with Crippen molar-refractivity contribution in [3.05, 3.63) is 118 Å². The fraction of sp³-hybridized carbons (Fsp3) is 0. The molecule has 10 rings (SSSR count). The molecule has 10 aromatic rings. The average Bonchev–Trinajstić information content (AvgIpc) is 3.74. The standard InChI is InChI=1S/C36H20N6O8S2/c37-49-51(45,46)17-7-13-29-27(15-17)39-33-23-5-1-3-21-20(10-12-26(31(21)23)36(44)41(29)33)19-9-11-24-32-22(19)4-2-6-25(32)35(43)42-30-14-8-18(52(47,48)50-38)16-28(30)40-34(24)42/h1-16H,37-38H2. The van der Waals surface area contributed by atoms with Crippen molar-refractivity contribution in [1.82, 2.24) is 18.8 Å². The van der Waals surface area contributed by atoms with Crippen LogP contribution in [0.4, 0.5) is 0 Å². The molecule has 4 N–H and O–H groups in total. The summed E-state index contributed by atoms with van der Waals surface area (Å²) in [4.78, 5) is 37.2. The predicted molar refractivity (Wildman–Crippen MR) is 194 cm³/mol. The number of benzene rings is 6. The summed E-state index contributed by atoms with van der Waals surface area (Å²) in [6.07, 6.45) is 0. The minimum absolute atomic E-state index is 0.195. The first kappa shape index (κ1) is 30.7. The highest BCUT2D eigenvalue weighted by atomic mass is 32.2. The van der Waals surface area contributed by atoms with E-state index >= 15 is 0 Å². The molecule has 0 unspecified atom stereocenters. The Kier molecular flexibility index (Phi) is 6.03. The fourth-order valence-electron chi connectivity index (χ4n) is 7.57. The lowest BCUT2D eigenvalue weighted by Gasteiger charge is -2.15. The molecule has 0 bridgehead atoms. The summed E-state index contributed by atoms with van der Waals surface area (Å²) in [6, 6.07) is 26.8. The maximum absolute atomic E-state index is 14.1. The van der Waals surface area contributed by atoms with Crippen LogP contribution in [-0.4, -0.2) is 35.6 Å². The Balaban J connectivity index is 1.25. The molecule has 0 aliphatic carbocycles. The quantitative estimate of drug-likeness (QED) is 0.238. The Morgan fingerprint density at radius 1 is 0.500 bits per heavy atom. The van der Waals surface area contributed by atoms with Crippen LogP contribution >= 0.6 is 0 Å². The molecule has 0 saturated carbocycles. The van der Waals surface area contributed by atoms with Crippen LogP contribution in [0.25, 0.3) is 87.6 Å². The van der Waals surface area contributed by atoms with E-state index in [0.717, 1.165) is 21.9 Å². The first-order chi connectivity index (χ1) is 25.0. The number of fused-ring (bicyclic) bond motifs is 8. The second-order valence-electron chi connectivity index (χ2n) is 12.3. The van der Waals surface area contributed by atoms with Crippen molar-refractivity contribution < 1.29 is 25.4 Å². The molecule has 0 radical (unpaired) electrons. The summed E-state index contributed by atoms with van der Waals surface area (Å²) >= 11 is 0. The number of hydrogen-bond donors (Lipinski definition) is 2. The van der Waals surface area contributed by atoms with Crippen LogP contribution in [0, 0.1) is 0 Å². The average molecular weight is 729 g/mol. The van der Waals surface area contributed by atoms with E-state index in [4.69, 9.17) is 11.8 Å². The summed E-state index contributed by atoms with van der Waals surface area (Å²) in [5.74, 6) is 9.97. The van der Waals surface area contributed by atoms with Gasteiger partial charge in [0.05, 0.1) is 31.9 Å². The molecule has 0 amide bonds. The van der Waals surface area contributed by atoms with Crippen LogP contribution in [0.5, 0.6) is 0 Å². The van der Waals surface area contributed by atoms with Gasteiger partial charge in [-0.3, -0.25) is 18.4 Å². The normalized spacial score (nSPS) is 13.0. The SMILES string of the molecule is NOS(=O)(=O)c1ccc2c(c1)nc1c3cccc4c(-c5ccc6c7c5cccc7c(=O)n5c7ccc(S(=O)(=O)ON)cc7nc65)ccc(c(=O)n21)c43. The van der Waals surface area contributed by atoms with E-state index in [1.165, 1.54) is 45.2 Å². The van der Waals surface area contributed by atoms with Gasteiger partial charge in [0.2, 0.25) is 0 Å². The van der Waals surface area contributed by atoms with Crippen molar-refractivity contribution in [2.24, 2.45) is 11.8 Å². The van der Waals surface area contributed by atoms with Gasteiger partial charge in [-0.15, -0.1) is 0 Å². The van der Waals surface area contributed by atoms with Crippen molar-refractivity contribution in [1.29, 1.82) is 0 Å². The Hall–Kier alpha value is -6.14. The molecular weight excluding hydrogens is 709 g/mol. The van der Waals surface area contributed by atoms with Gasteiger partial charge >= 0.3 is 20.2 Å². The number of nitrogens with two attached hydrogens (primary N) is 2. The maximum Gasteiger partial charge on any atom is 0.312 e. The zero-order chi connectivity index (χ0) is 35.8. The molecule has 0 spiro atoms. The van der Waals surface area contributed by atoms with Crippen LogP contribution < -0.4 is 22.9 Å². The zero-order valence-corrected chi connectivity index (χ0v) is 27.9. The molecule has 0 aliphatic heterocycles. The second-order valence-corrected chi connectivity index (χ2v) is 15.5. The Morgan fingerprint density at radius 2 is 0.904 bits per heavy atom. The van der Waals surface area contributed by atoms with Gasteiger partial charge < -0.3 is 0 Å². The number of hydrogen-bond acceptors (Lipinski definition) is 12. The van der Waals surface area contributed by atoms with E-state index in [-0.39, 0.29) is 31.9 Å². The van der Waals surface area contributed by atoms with Crippen molar-refractivity contribution in [2.45, 2.75) is 9.79 Å². The lowest BCUT2D eigenvalue weighted by molar-refractivity contribution is 0.332. The number of aromatic nitrogens is 4. The molecule has 52 heavy (non-hydrogen) atoms. The van der Waals surface area contributed by atoms with Crippen LogP contribution in [0.15, 0.2) is 116 Å². The summed E-state index contributed by atoms with van der Waals surface area (Å²) in [5, 5.41) is 5.13. The summed E-state index contributed by atoms with van der Waals surface area (Å²) in [5.41, 5.74) is 3.06. The zero-order valence-electron chi connectivity index (χ0n) is 26.3. The third kappa shape index (κ3) is 3.89. The minimum atomic E-state index is -4.21. The highest BCUT2D eigenvalue weighted by molar-refractivity contribution is 7.87. The molecule has 16 heteroatoms. The Bertz CT molecular complexity index is 3400. The van der Waals surface area contributed by atoms with Crippen LogP contribution in [0.2, 0.25) is 0 Å². The first-order valence-electron chi connectivity index (χ1n) is 15.6. The smallest absolute Gasteiger partial charge is 0.268 e. The van der Waals surface area contributed by atoms with E-state index in [1.807, 2.05) is 42.5 Å². The van der Waals surface area contributed by atoms with Crippen molar-refractivity contribution in [3.63, 3.8) is 0 Å². The largest absolute Gasteiger partial charge is 0.312 e. The number of imidazole rings is 2. The molecule has 0 fully saturated rings. The lowest BCUT2D eigenvalue weighted by Crippen LogP contribution is -2.14. The van der Waals surface area contributed by atoms with E-state index < -0.39 is 20.2 Å². The third-order valence-corrected chi connectivity index (χ3v) is 12.0. The number of nitrogens with zero attached hydrogens (tertiary/aromatic N) is 4. The predicted octanol–water partition coefficient (Wildman–Crippen LogP) is 4.32. The Labute approximate surface area is 290 Å². The molecule has 4 aromatic heterocycles. The summed E-state index contributed by atoms with van der Waals surface area (Å²) in [6.45, 7) is 0. The fourth-order valence-corrected chi connectivity index (χ4v) is 8.77. The molecule has 0 saturated heterocycles. The minimum Gasteiger partial charge on any atom is -0.268 e. The van der Waals surface area contributed by atoms with Gasteiger partial charge in [-0.05, 0) is 76.5 Å². The third-order valence-electron chi connectivity index (χ3n) is 9.80. The van der Waals surface area contributed by atoms with Crippen LogP contribution in [-0.2, 0) is 28.8 Å². The second kappa shape index (κ2) is 10.2. The molecule has 0 aliphatic rings. The molecule has 254 valence electrons. The first-order valence-corrected chi connectivity index (χ1v) is 18.4. The van der Waals surface area contributed by atoms with E-state index in [2.05, 4.69) is 18.5 Å². The van der Waals surface area contributed by atoms with Crippen molar-refractivity contribution >= 4 is 96.7 Å². The van der Waals surface area contributed by atoms with Crippen LogP contribution in [0.3, 0.4) is 0 Å². The molecule has 0 atom stereocenters. The van der Waals surface area contributed by atoms with E-state index in [1.54, 1.807) is 18.2 Å². The monoisotopic (exact) mass is 728 g/mol. The molecule has 14 nitrogen and oxygen atoms in total. The van der Waals surface area contributed by atoms with Gasteiger partial charge in [0.1, 0.15) is 11.3 Å². The lowest BCUT2D eigenvalue weighted by atomic mass is 9.90. The van der Waals surface area contributed by atoms with Crippen molar-refractivity contribution in [3.8, 4) is 11.1 Å². The molecule has 4 heterocycles.